The Morgan fingerprint density at radius 2 is 2.04 bits per heavy atom. The first-order valence-corrected chi connectivity index (χ1v) is 11.3. The van der Waals surface area contributed by atoms with Crippen molar-refractivity contribution < 1.29 is 13.9 Å². The summed E-state index contributed by atoms with van der Waals surface area (Å²) in [6.07, 6.45) is 0.288. The van der Waals surface area contributed by atoms with E-state index in [0.29, 0.717) is 11.4 Å². The molecule has 1 amide bonds. The highest BCUT2D eigenvalue weighted by Crippen LogP contribution is 2.46. The SMILES string of the molecule is CC(C)(C)OC(=O)NC1=N[C@](C)(c2cc(Br)ccc2F)C2CCN=S2C1(C)C. The summed E-state index contributed by atoms with van der Waals surface area (Å²) in [6, 6.07) is 4.91. The lowest BCUT2D eigenvalue weighted by molar-refractivity contribution is 0.0560. The highest BCUT2D eigenvalue weighted by atomic mass is 79.9. The lowest BCUT2D eigenvalue weighted by Gasteiger charge is -2.45. The van der Waals surface area contributed by atoms with Crippen molar-refractivity contribution >= 4 is 38.6 Å². The number of carbonyl (C=O) groups excluding carboxylic acids is 1. The Morgan fingerprint density at radius 3 is 2.68 bits per heavy atom. The summed E-state index contributed by atoms with van der Waals surface area (Å²) >= 11 is 3.44. The Balaban J connectivity index is 2.10. The maximum Gasteiger partial charge on any atom is 0.413 e. The molecular weight excluding hydrogens is 445 g/mol. The lowest BCUT2D eigenvalue weighted by atomic mass is 9.86. The molecule has 2 aliphatic heterocycles. The normalized spacial score (nSPS) is 28.8. The van der Waals surface area contributed by atoms with E-state index < -0.39 is 32.7 Å². The van der Waals surface area contributed by atoms with Crippen molar-refractivity contribution in [1.82, 2.24) is 5.32 Å². The fourth-order valence-electron chi connectivity index (χ4n) is 3.72. The number of amides is 1. The third-order valence-electron chi connectivity index (χ3n) is 5.05. The molecule has 2 aliphatic rings. The molecule has 1 N–H and O–H groups in total. The van der Waals surface area contributed by atoms with Gasteiger partial charge in [0.05, 0.1) is 4.75 Å². The molecule has 1 aromatic carbocycles. The molecule has 0 aromatic heterocycles. The molecule has 0 radical (unpaired) electrons. The molecule has 0 aliphatic carbocycles. The van der Waals surface area contributed by atoms with Gasteiger partial charge in [-0.25, -0.2) is 9.18 Å². The number of hydrogen-bond acceptors (Lipinski definition) is 4. The number of nitrogens with one attached hydrogen (secondary N) is 1. The average molecular weight is 472 g/mol. The first-order valence-electron chi connectivity index (χ1n) is 9.31. The van der Waals surface area contributed by atoms with Crippen LogP contribution in [0.5, 0.6) is 0 Å². The minimum absolute atomic E-state index is 0.0792. The molecular formula is C20H27BrFN3O2S. The maximum absolute atomic E-state index is 14.8. The minimum Gasteiger partial charge on any atom is -0.444 e. The Hall–Kier alpha value is -1.28. The molecule has 0 saturated carbocycles. The van der Waals surface area contributed by atoms with Crippen LogP contribution in [-0.4, -0.2) is 34.1 Å². The van der Waals surface area contributed by atoms with E-state index in [9.17, 15) is 9.18 Å². The van der Waals surface area contributed by atoms with Gasteiger partial charge < -0.3 is 4.74 Å². The Morgan fingerprint density at radius 1 is 1.36 bits per heavy atom. The van der Waals surface area contributed by atoms with Gasteiger partial charge >= 0.3 is 6.09 Å². The number of rotatable bonds is 1. The number of aliphatic imine (C=N–C) groups is 1. The van der Waals surface area contributed by atoms with Crippen LogP contribution >= 0.6 is 15.9 Å². The van der Waals surface area contributed by atoms with Crippen molar-refractivity contribution in [3.63, 3.8) is 0 Å². The van der Waals surface area contributed by atoms with Crippen LogP contribution in [0, 0.1) is 5.82 Å². The highest BCUT2D eigenvalue weighted by Gasteiger charge is 2.52. The quantitative estimate of drug-likeness (QED) is 0.619. The maximum atomic E-state index is 14.8. The van der Waals surface area contributed by atoms with Crippen LogP contribution in [0.1, 0.15) is 53.5 Å². The van der Waals surface area contributed by atoms with E-state index in [1.54, 1.807) is 12.1 Å². The first kappa shape index (κ1) is 21.4. The van der Waals surface area contributed by atoms with Gasteiger partial charge in [0.15, 0.2) is 0 Å². The van der Waals surface area contributed by atoms with Crippen molar-refractivity contribution in [1.29, 1.82) is 0 Å². The van der Waals surface area contributed by atoms with Crippen molar-refractivity contribution in [2.75, 3.05) is 6.54 Å². The van der Waals surface area contributed by atoms with Gasteiger partial charge in [0.1, 0.15) is 22.8 Å². The number of carbonyl (C=O) groups is 1. The van der Waals surface area contributed by atoms with E-state index in [1.165, 1.54) is 6.07 Å². The molecule has 1 aromatic rings. The van der Waals surface area contributed by atoms with Gasteiger partial charge in [0.2, 0.25) is 0 Å². The van der Waals surface area contributed by atoms with Gasteiger partial charge in [-0.2, -0.15) is 0 Å². The predicted molar refractivity (Wildman–Crippen MR) is 115 cm³/mol. The van der Waals surface area contributed by atoms with Gasteiger partial charge in [-0.05, 0) is 66.2 Å². The molecule has 0 saturated heterocycles. The van der Waals surface area contributed by atoms with E-state index in [0.717, 1.165) is 17.4 Å². The summed E-state index contributed by atoms with van der Waals surface area (Å²) < 4.78 is 25.4. The van der Waals surface area contributed by atoms with Crippen LogP contribution in [-0.2, 0) is 21.0 Å². The smallest absolute Gasteiger partial charge is 0.413 e. The molecule has 28 heavy (non-hydrogen) atoms. The Kier molecular flexibility index (Phi) is 5.51. The number of benzene rings is 1. The summed E-state index contributed by atoms with van der Waals surface area (Å²) in [5, 5.41) is 2.92. The third-order valence-corrected chi connectivity index (χ3v) is 8.48. The third kappa shape index (κ3) is 3.90. The summed E-state index contributed by atoms with van der Waals surface area (Å²) in [6.45, 7) is 12.2. The summed E-state index contributed by atoms with van der Waals surface area (Å²) in [7, 11) is -0.408. The van der Waals surface area contributed by atoms with Gasteiger partial charge in [-0.3, -0.25) is 14.7 Å². The van der Waals surface area contributed by atoms with Gasteiger partial charge in [-0.1, -0.05) is 26.6 Å². The van der Waals surface area contributed by atoms with E-state index in [-0.39, 0.29) is 11.1 Å². The van der Waals surface area contributed by atoms with Crippen molar-refractivity contribution in [2.45, 2.75) is 69.1 Å². The molecule has 0 spiro atoms. The largest absolute Gasteiger partial charge is 0.444 e. The predicted octanol–water partition coefficient (Wildman–Crippen LogP) is 5.09. The molecule has 0 fully saturated rings. The van der Waals surface area contributed by atoms with Gasteiger partial charge in [-0.15, -0.1) is 0 Å². The van der Waals surface area contributed by atoms with E-state index in [1.807, 2.05) is 41.5 Å². The zero-order chi connectivity index (χ0) is 20.9. The van der Waals surface area contributed by atoms with Gasteiger partial charge in [0.25, 0.3) is 0 Å². The Labute approximate surface area is 176 Å². The fraction of sp³-hybridized carbons (Fsp3) is 0.600. The number of fused-ring (bicyclic) bond motifs is 1. The molecule has 2 unspecified atom stereocenters. The van der Waals surface area contributed by atoms with E-state index in [2.05, 4.69) is 21.2 Å². The van der Waals surface area contributed by atoms with Crippen LogP contribution in [0.15, 0.2) is 32.0 Å². The van der Waals surface area contributed by atoms with Gasteiger partial charge in [0, 0.05) is 21.8 Å². The standard InChI is InChI=1S/C20H27BrFN3O2S/c1-18(2,3)27-17(26)24-16-19(4,5)28-15(9-10-23-28)20(6,25-16)13-11-12(21)7-8-14(13)22/h7-8,11,15H,9-10H2,1-6H3,(H,24,25,26)/t15?,20-,28?/m1/s1. The number of ether oxygens (including phenoxy) is 1. The fourth-order valence-corrected chi connectivity index (χ4v) is 6.84. The van der Waals surface area contributed by atoms with Crippen molar-refractivity contribution in [3.05, 3.63) is 34.1 Å². The minimum atomic E-state index is -0.823. The number of amidine groups is 1. The first-order chi connectivity index (χ1) is 12.8. The van der Waals surface area contributed by atoms with Crippen LogP contribution in [0.3, 0.4) is 0 Å². The number of halogens is 2. The number of alkyl carbamates (subject to hydrolysis) is 1. The number of nitrogens with zero attached hydrogens (tertiary/aromatic N) is 2. The number of hydrogen-bond donors (Lipinski definition) is 1. The van der Waals surface area contributed by atoms with Crippen LogP contribution in [0.2, 0.25) is 0 Å². The van der Waals surface area contributed by atoms with E-state index >= 15 is 0 Å². The highest BCUT2D eigenvalue weighted by molar-refractivity contribution is 9.10. The molecule has 154 valence electrons. The monoisotopic (exact) mass is 471 g/mol. The van der Waals surface area contributed by atoms with Crippen LogP contribution < -0.4 is 5.32 Å². The molecule has 2 heterocycles. The summed E-state index contributed by atoms with van der Waals surface area (Å²) in [5.41, 5.74) is -0.928. The second kappa shape index (κ2) is 7.20. The molecule has 5 nitrogen and oxygen atoms in total. The lowest BCUT2D eigenvalue weighted by Crippen LogP contribution is -2.58. The molecule has 0 bridgehead atoms. The van der Waals surface area contributed by atoms with E-state index in [4.69, 9.17) is 14.1 Å². The van der Waals surface area contributed by atoms with Crippen LogP contribution in [0.25, 0.3) is 0 Å². The Bertz CT molecular complexity index is 879. The molecule has 8 heteroatoms. The zero-order valence-corrected chi connectivity index (χ0v) is 19.5. The van der Waals surface area contributed by atoms with Crippen molar-refractivity contribution in [2.24, 2.45) is 9.36 Å². The second-order valence-electron chi connectivity index (χ2n) is 8.81. The van der Waals surface area contributed by atoms with Crippen molar-refractivity contribution in [3.8, 4) is 0 Å². The topological polar surface area (TPSA) is 63.0 Å². The van der Waals surface area contributed by atoms with Crippen LogP contribution in [0.4, 0.5) is 9.18 Å². The zero-order valence-electron chi connectivity index (χ0n) is 17.1. The second-order valence-corrected chi connectivity index (χ2v) is 12.2. The summed E-state index contributed by atoms with van der Waals surface area (Å²) in [4.78, 5) is 17.4. The average Bonchev–Trinajstić information content (AvgIpc) is 3.05. The molecule has 3 rings (SSSR count). The molecule has 3 atom stereocenters. The summed E-state index contributed by atoms with van der Waals surface area (Å²) in [5.74, 6) is 0.190.